The Balaban J connectivity index is 0.00000324. The minimum absolute atomic E-state index is 0. The van der Waals surface area contributed by atoms with Crippen molar-refractivity contribution >= 4 is 34.8 Å². The minimum atomic E-state index is -0.974. The molecule has 0 spiro atoms. The molecule has 0 aromatic heterocycles. The van der Waals surface area contributed by atoms with Crippen LogP contribution >= 0.6 is 12.4 Å². The molecule has 0 amide bonds. The largest absolute Gasteiger partial charge is 0.482 e. The lowest BCUT2D eigenvalue weighted by Crippen LogP contribution is -2.43. The van der Waals surface area contributed by atoms with Gasteiger partial charge in [-0.05, 0) is 66.9 Å². The van der Waals surface area contributed by atoms with Crippen LogP contribution < -0.4 is 15.0 Å². The van der Waals surface area contributed by atoms with Crippen LogP contribution in [0.3, 0.4) is 0 Å². The Labute approximate surface area is 207 Å². The molecule has 0 aliphatic carbocycles. The Bertz CT molecular complexity index is 1100. The maximum atomic E-state index is 10.7. The summed E-state index contributed by atoms with van der Waals surface area (Å²) in [6.07, 6.45) is 1.10. The third-order valence-electron chi connectivity index (χ3n) is 6.22. The zero-order chi connectivity index (χ0) is 23.2. The second kappa shape index (κ2) is 12.1. The molecule has 6 nitrogen and oxygen atoms in total. The quantitative estimate of drug-likeness (QED) is 0.446. The summed E-state index contributed by atoms with van der Waals surface area (Å²) in [5.74, 6) is -0.365. The van der Waals surface area contributed by atoms with E-state index in [4.69, 9.17) is 14.6 Å². The number of morpholine rings is 1. The SMILES string of the molecule is Cc1cc(N2CCOC(CCN[C@H](C)c3cccc4ccccc34)C2)ccc1OCC(=O)O.Cl. The van der Waals surface area contributed by atoms with Crippen molar-refractivity contribution < 1.29 is 19.4 Å². The van der Waals surface area contributed by atoms with Crippen molar-refractivity contribution in [2.75, 3.05) is 37.7 Å². The number of hydrogen-bond donors (Lipinski definition) is 2. The Morgan fingerprint density at radius 2 is 2.00 bits per heavy atom. The second-order valence-corrected chi connectivity index (χ2v) is 8.60. The maximum absolute atomic E-state index is 10.7. The smallest absolute Gasteiger partial charge is 0.341 e. The van der Waals surface area contributed by atoms with E-state index in [1.165, 1.54) is 16.3 Å². The van der Waals surface area contributed by atoms with E-state index in [-0.39, 0.29) is 31.2 Å². The van der Waals surface area contributed by atoms with Gasteiger partial charge in [0.1, 0.15) is 5.75 Å². The van der Waals surface area contributed by atoms with Crippen molar-refractivity contribution in [1.29, 1.82) is 0 Å². The molecule has 2 N–H and O–H groups in total. The Morgan fingerprint density at radius 1 is 1.21 bits per heavy atom. The molecule has 0 radical (unpaired) electrons. The number of hydrogen-bond acceptors (Lipinski definition) is 5. The van der Waals surface area contributed by atoms with Crippen LogP contribution in [-0.2, 0) is 9.53 Å². The third kappa shape index (κ3) is 6.41. The average Bonchev–Trinajstić information content (AvgIpc) is 2.83. The van der Waals surface area contributed by atoms with Crippen LogP contribution in [0.25, 0.3) is 10.8 Å². The van der Waals surface area contributed by atoms with Crippen molar-refractivity contribution in [3.05, 3.63) is 71.8 Å². The fraction of sp³-hybridized carbons (Fsp3) is 0.370. The lowest BCUT2D eigenvalue weighted by atomic mass is 9.99. The molecule has 2 atom stereocenters. The van der Waals surface area contributed by atoms with Gasteiger partial charge in [0.2, 0.25) is 0 Å². The van der Waals surface area contributed by atoms with Gasteiger partial charge in [-0.3, -0.25) is 0 Å². The van der Waals surface area contributed by atoms with E-state index in [1.807, 2.05) is 19.1 Å². The van der Waals surface area contributed by atoms with Crippen molar-refractivity contribution in [3.63, 3.8) is 0 Å². The highest BCUT2D eigenvalue weighted by atomic mass is 35.5. The van der Waals surface area contributed by atoms with Crippen LogP contribution in [0.5, 0.6) is 5.75 Å². The molecular formula is C27H33ClN2O4. The zero-order valence-electron chi connectivity index (χ0n) is 19.7. The summed E-state index contributed by atoms with van der Waals surface area (Å²) in [5.41, 5.74) is 3.36. The maximum Gasteiger partial charge on any atom is 0.341 e. The van der Waals surface area contributed by atoms with Crippen molar-refractivity contribution in [2.24, 2.45) is 0 Å². The van der Waals surface area contributed by atoms with Crippen LogP contribution in [0.4, 0.5) is 5.69 Å². The summed E-state index contributed by atoms with van der Waals surface area (Å²) in [4.78, 5) is 13.1. The number of ether oxygens (including phenoxy) is 2. The molecule has 1 heterocycles. The topological polar surface area (TPSA) is 71.0 Å². The fourth-order valence-corrected chi connectivity index (χ4v) is 4.46. The summed E-state index contributed by atoms with van der Waals surface area (Å²) in [5, 5.41) is 15.1. The van der Waals surface area contributed by atoms with Crippen molar-refractivity contribution in [1.82, 2.24) is 5.32 Å². The number of carboxylic acids is 1. The van der Waals surface area contributed by atoms with E-state index in [2.05, 4.69) is 65.7 Å². The molecule has 1 aliphatic rings. The Hall–Kier alpha value is -2.80. The molecule has 3 aromatic carbocycles. The molecular weight excluding hydrogens is 452 g/mol. The number of aliphatic carboxylic acids is 1. The van der Waals surface area contributed by atoms with E-state index >= 15 is 0 Å². The molecule has 0 bridgehead atoms. The molecule has 34 heavy (non-hydrogen) atoms. The van der Waals surface area contributed by atoms with Crippen LogP contribution in [0.2, 0.25) is 0 Å². The number of aryl methyl sites for hydroxylation is 1. The minimum Gasteiger partial charge on any atom is -0.482 e. The number of carboxylic acid groups (broad SMARTS) is 1. The Morgan fingerprint density at radius 3 is 2.79 bits per heavy atom. The van der Waals surface area contributed by atoms with Gasteiger partial charge in [0.25, 0.3) is 0 Å². The first kappa shape index (κ1) is 25.8. The number of carbonyl (C=O) groups is 1. The summed E-state index contributed by atoms with van der Waals surface area (Å²) in [6, 6.07) is 21.2. The molecule has 1 unspecified atom stereocenters. The van der Waals surface area contributed by atoms with Gasteiger partial charge in [-0.25, -0.2) is 4.79 Å². The van der Waals surface area contributed by atoms with Gasteiger partial charge in [0.15, 0.2) is 6.61 Å². The number of rotatable bonds is 9. The van der Waals surface area contributed by atoms with E-state index in [0.717, 1.165) is 37.3 Å². The molecule has 0 saturated carbocycles. The molecule has 4 rings (SSSR count). The summed E-state index contributed by atoms with van der Waals surface area (Å²) in [7, 11) is 0. The Kier molecular flexibility index (Phi) is 9.16. The monoisotopic (exact) mass is 484 g/mol. The third-order valence-corrected chi connectivity index (χ3v) is 6.22. The number of benzene rings is 3. The highest BCUT2D eigenvalue weighted by Crippen LogP contribution is 2.27. The predicted molar refractivity (Wildman–Crippen MR) is 138 cm³/mol. The van der Waals surface area contributed by atoms with Crippen LogP contribution in [0, 0.1) is 6.92 Å². The van der Waals surface area contributed by atoms with Gasteiger partial charge in [-0.2, -0.15) is 0 Å². The molecule has 1 aliphatic heterocycles. The standard InChI is InChI=1S/C27H32N2O4.ClH/c1-19-16-22(10-11-26(19)33-18-27(30)31)29-14-15-32-23(17-29)12-13-28-20(2)24-9-5-7-21-6-3-4-8-25(21)24;/h3-11,16,20,23,28H,12-15,17-18H2,1-2H3,(H,30,31);1H/t20-,23?;/m1./s1. The molecule has 7 heteroatoms. The summed E-state index contributed by atoms with van der Waals surface area (Å²) in [6.45, 7) is 7.07. The zero-order valence-corrected chi connectivity index (χ0v) is 20.5. The normalized spacial score (nSPS) is 16.6. The number of halogens is 1. The first-order valence-electron chi connectivity index (χ1n) is 11.5. The molecule has 3 aromatic rings. The fourth-order valence-electron chi connectivity index (χ4n) is 4.46. The first-order valence-corrected chi connectivity index (χ1v) is 11.5. The predicted octanol–water partition coefficient (Wildman–Crippen LogP) is 4.98. The van der Waals surface area contributed by atoms with Gasteiger partial charge in [-0.15, -0.1) is 12.4 Å². The lowest BCUT2D eigenvalue weighted by Gasteiger charge is -2.35. The van der Waals surface area contributed by atoms with Gasteiger partial charge in [0, 0.05) is 24.8 Å². The van der Waals surface area contributed by atoms with Crippen LogP contribution in [-0.4, -0.2) is 50.0 Å². The van der Waals surface area contributed by atoms with Crippen molar-refractivity contribution in [2.45, 2.75) is 32.4 Å². The first-order chi connectivity index (χ1) is 16.0. The van der Waals surface area contributed by atoms with E-state index < -0.39 is 5.97 Å². The van der Waals surface area contributed by atoms with E-state index in [9.17, 15) is 4.79 Å². The molecule has 1 saturated heterocycles. The van der Waals surface area contributed by atoms with Gasteiger partial charge in [0.05, 0.1) is 12.7 Å². The lowest BCUT2D eigenvalue weighted by molar-refractivity contribution is -0.139. The van der Waals surface area contributed by atoms with Crippen LogP contribution in [0.15, 0.2) is 60.7 Å². The highest BCUT2D eigenvalue weighted by Gasteiger charge is 2.21. The van der Waals surface area contributed by atoms with E-state index in [0.29, 0.717) is 12.4 Å². The number of nitrogens with zero attached hydrogens (tertiary/aromatic N) is 1. The summed E-state index contributed by atoms with van der Waals surface area (Å²) >= 11 is 0. The van der Waals surface area contributed by atoms with Gasteiger partial charge in [-0.1, -0.05) is 42.5 Å². The number of nitrogens with one attached hydrogen (secondary N) is 1. The van der Waals surface area contributed by atoms with E-state index in [1.54, 1.807) is 0 Å². The van der Waals surface area contributed by atoms with Gasteiger partial charge < -0.3 is 24.8 Å². The van der Waals surface area contributed by atoms with Crippen molar-refractivity contribution in [3.8, 4) is 5.75 Å². The highest BCUT2D eigenvalue weighted by molar-refractivity contribution is 5.86. The second-order valence-electron chi connectivity index (χ2n) is 8.60. The average molecular weight is 485 g/mol. The molecule has 1 fully saturated rings. The molecule has 182 valence electrons. The number of fused-ring (bicyclic) bond motifs is 1. The summed E-state index contributed by atoms with van der Waals surface area (Å²) < 4.78 is 11.4. The van der Waals surface area contributed by atoms with Crippen LogP contribution in [0.1, 0.15) is 30.5 Å². The van der Waals surface area contributed by atoms with Gasteiger partial charge >= 0.3 is 5.97 Å². The number of anilines is 1.